The molecule has 0 atom stereocenters. The summed E-state index contributed by atoms with van der Waals surface area (Å²) in [5.41, 5.74) is 0.724. The van der Waals surface area contributed by atoms with E-state index in [9.17, 15) is 9.59 Å². The molecule has 1 N–H and O–H groups in total. The first-order valence-electron chi connectivity index (χ1n) is 6.94. The molecule has 0 spiro atoms. The number of esters is 1. The van der Waals surface area contributed by atoms with Crippen molar-refractivity contribution < 1.29 is 23.8 Å². The van der Waals surface area contributed by atoms with Gasteiger partial charge in [-0.1, -0.05) is 0 Å². The van der Waals surface area contributed by atoms with Gasteiger partial charge < -0.3 is 19.5 Å². The zero-order valence-electron chi connectivity index (χ0n) is 13.0. The first kappa shape index (κ1) is 17.6. The zero-order valence-corrected chi connectivity index (χ0v) is 13.0. The van der Waals surface area contributed by atoms with Crippen LogP contribution >= 0.6 is 0 Å². The fourth-order valence-electron chi connectivity index (χ4n) is 1.71. The fraction of sp³-hybridized carbons (Fsp3) is 0.375. The van der Waals surface area contributed by atoms with Gasteiger partial charge in [0.05, 0.1) is 27.2 Å². The quantitative estimate of drug-likeness (QED) is 0.585. The Balaban J connectivity index is 2.56. The molecule has 0 aromatic heterocycles. The number of hydrogen-bond donors (Lipinski definition) is 1. The summed E-state index contributed by atoms with van der Waals surface area (Å²) in [5, 5.41) is 2.61. The molecule has 6 nitrogen and oxygen atoms in total. The second kappa shape index (κ2) is 9.44. The molecule has 0 fully saturated rings. The van der Waals surface area contributed by atoms with Crippen LogP contribution in [0.3, 0.4) is 0 Å². The topological polar surface area (TPSA) is 73.9 Å². The van der Waals surface area contributed by atoms with E-state index in [4.69, 9.17) is 14.2 Å². The van der Waals surface area contributed by atoms with Gasteiger partial charge in [-0.3, -0.25) is 9.59 Å². The lowest BCUT2D eigenvalue weighted by atomic mass is 10.1. The van der Waals surface area contributed by atoms with Gasteiger partial charge in [0.25, 0.3) is 0 Å². The second-order valence-corrected chi connectivity index (χ2v) is 4.29. The highest BCUT2D eigenvalue weighted by Gasteiger charge is 2.04. The number of rotatable bonds is 8. The molecule has 0 aliphatic rings. The van der Waals surface area contributed by atoms with Gasteiger partial charge in [0.15, 0.2) is 0 Å². The van der Waals surface area contributed by atoms with Gasteiger partial charge in [-0.15, -0.1) is 0 Å². The molecule has 1 aromatic rings. The smallest absolute Gasteiger partial charge is 0.307 e. The van der Waals surface area contributed by atoms with E-state index in [0.29, 0.717) is 18.1 Å². The Morgan fingerprint density at radius 1 is 1.23 bits per heavy atom. The van der Waals surface area contributed by atoms with Crippen LogP contribution in [0, 0.1) is 0 Å². The highest BCUT2D eigenvalue weighted by molar-refractivity contribution is 5.92. The molecule has 0 aliphatic heterocycles. The number of nitrogens with one attached hydrogen (secondary N) is 1. The molecule has 22 heavy (non-hydrogen) atoms. The molecular weight excluding hydrogens is 286 g/mol. The SMILES string of the molecule is CCOC(=O)CCNC(=O)/C=C/c1cc(OC)ccc1OC. The number of carbonyl (C=O) groups is 2. The van der Waals surface area contributed by atoms with Crippen LogP contribution in [0.15, 0.2) is 24.3 Å². The van der Waals surface area contributed by atoms with E-state index in [1.807, 2.05) is 0 Å². The third-order valence-corrected chi connectivity index (χ3v) is 2.78. The van der Waals surface area contributed by atoms with Crippen LogP contribution < -0.4 is 14.8 Å². The Morgan fingerprint density at radius 2 is 2.00 bits per heavy atom. The van der Waals surface area contributed by atoms with Crippen LogP contribution in [0.4, 0.5) is 0 Å². The monoisotopic (exact) mass is 307 g/mol. The van der Waals surface area contributed by atoms with Crippen LogP contribution in [-0.2, 0) is 14.3 Å². The number of amides is 1. The van der Waals surface area contributed by atoms with E-state index in [1.54, 1.807) is 45.4 Å². The van der Waals surface area contributed by atoms with Crippen molar-refractivity contribution in [1.82, 2.24) is 5.32 Å². The molecule has 0 unspecified atom stereocenters. The van der Waals surface area contributed by atoms with Crippen molar-refractivity contribution in [3.05, 3.63) is 29.8 Å². The van der Waals surface area contributed by atoms with Crippen LogP contribution in [0.5, 0.6) is 11.5 Å². The Kier molecular flexibility index (Phi) is 7.53. The van der Waals surface area contributed by atoms with Crippen molar-refractivity contribution in [2.24, 2.45) is 0 Å². The van der Waals surface area contributed by atoms with E-state index in [1.165, 1.54) is 6.08 Å². The standard InChI is InChI=1S/C16H21NO5/c1-4-22-16(19)9-10-17-15(18)8-5-12-11-13(20-2)6-7-14(12)21-3/h5-8,11H,4,9-10H2,1-3H3,(H,17,18)/b8-5+. The molecule has 1 rings (SSSR count). The Bertz CT molecular complexity index is 539. The van der Waals surface area contributed by atoms with Gasteiger partial charge in [0, 0.05) is 18.2 Å². The van der Waals surface area contributed by atoms with Crippen molar-refractivity contribution in [3.8, 4) is 11.5 Å². The minimum Gasteiger partial charge on any atom is -0.497 e. The molecule has 0 saturated carbocycles. The molecule has 0 saturated heterocycles. The summed E-state index contributed by atoms with van der Waals surface area (Å²) in [7, 11) is 3.12. The highest BCUT2D eigenvalue weighted by atomic mass is 16.5. The summed E-state index contributed by atoms with van der Waals surface area (Å²) in [6.45, 7) is 2.31. The largest absolute Gasteiger partial charge is 0.497 e. The van der Waals surface area contributed by atoms with Crippen LogP contribution in [-0.4, -0.2) is 39.2 Å². The third-order valence-electron chi connectivity index (χ3n) is 2.78. The van der Waals surface area contributed by atoms with Crippen molar-refractivity contribution in [3.63, 3.8) is 0 Å². The maximum absolute atomic E-state index is 11.7. The van der Waals surface area contributed by atoms with Crippen LogP contribution in [0.25, 0.3) is 6.08 Å². The predicted octanol–water partition coefficient (Wildman–Crippen LogP) is 1.79. The average molecular weight is 307 g/mol. The molecule has 0 aliphatic carbocycles. The summed E-state index contributed by atoms with van der Waals surface area (Å²) < 4.78 is 15.1. The van der Waals surface area contributed by atoms with Crippen LogP contribution in [0.2, 0.25) is 0 Å². The number of ether oxygens (including phenoxy) is 3. The van der Waals surface area contributed by atoms with Gasteiger partial charge in [-0.05, 0) is 31.2 Å². The predicted molar refractivity (Wildman–Crippen MR) is 82.8 cm³/mol. The normalized spacial score (nSPS) is 10.3. The maximum Gasteiger partial charge on any atom is 0.307 e. The second-order valence-electron chi connectivity index (χ2n) is 4.29. The molecule has 6 heteroatoms. The number of hydrogen-bond acceptors (Lipinski definition) is 5. The lowest BCUT2D eigenvalue weighted by Gasteiger charge is -2.07. The van der Waals surface area contributed by atoms with E-state index in [0.717, 1.165) is 5.56 Å². The van der Waals surface area contributed by atoms with E-state index in [-0.39, 0.29) is 24.8 Å². The summed E-state index contributed by atoms with van der Waals surface area (Å²) in [5.74, 6) is 0.676. The maximum atomic E-state index is 11.7. The minimum absolute atomic E-state index is 0.149. The van der Waals surface area contributed by atoms with Gasteiger partial charge >= 0.3 is 5.97 Å². The molecule has 120 valence electrons. The van der Waals surface area contributed by atoms with E-state index in [2.05, 4.69) is 5.32 Å². The zero-order chi connectivity index (χ0) is 16.4. The summed E-state index contributed by atoms with van der Waals surface area (Å²) in [6, 6.07) is 5.30. The molecule has 0 radical (unpaired) electrons. The Labute approximate surface area is 130 Å². The van der Waals surface area contributed by atoms with E-state index < -0.39 is 0 Å². The van der Waals surface area contributed by atoms with Crippen molar-refractivity contribution in [1.29, 1.82) is 0 Å². The van der Waals surface area contributed by atoms with Crippen molar-refractivity contribution in [2.75, 3.05) is 27.4 Å². The fourth-order valence-corrected chi connectivity index (χ4v) is 1.71. The lowest BCUT2D eigenvalue weighted by molar-refractivity contribution is -0.142. The molecular formula is C16H21NO5. The molecule has 0 bridgehead atoms. The Hall–Kier alpha value is -2.50. The van der Waals surface area contributed by atoms with Gasteiger partial charge in [-0.25, -0.2) is 0 Å². The number of carbonyl (C=O) groups excluding carboxylic acids is 2. The van der Waals surface area contributed by atoms with Crippen molar-refractivity contribution >= 4 is 18.0 Å². The molecule has 1 aromatic carbocycles. The van der Waals surface area contributed by atoms with Crippen LogP contribution in [0.1, 0.15) is 18.9 Å². The summed E-state index contributed by atoms with van der Waals surface area (Å²) in [4.78, 5) is 22.8. The first-order valence-corrected chi connectivity index (χ1v) is 6.94. The Morgan fingerprint density at radius 3 is 2.64 bits per heavy atom. The number of methoxy groups -OCH3 is 2. The lowest BCUT2D eigenvalue weighted by Crippen LogP contribution is -2.24. The van der Waals surface area contributed by atoms with Gasteiger partial charge in [0.1, 0.15) is 11.5 Å². The van der Waals surface area contributed by atoms with Crippen molar-refractivity contribution in [2.45, 2.75) is 13.3 Å². The van der Waals surface area contributed by atoms with Gasteiger partial charge in [0.2, 0.25) is 5.91 Å². The molecule has 0 heterocycles. The summed E-state index contributed by atoms with van der Waals surface area (Å²) >= 11 is 0. The van der Waals surface area contributed by atoms with E-state index >= 15 is 0 Å². The minimum atomic E-state index is -0.332. The van der Waals surface area contributed by atoms with Gasteiger partial charge in [-0.2, -0.15) is 0 Å². The summed E-state index contributed by atoms with van der Waals surface area (Å²) in [6.07, 6.45) is 3.15. The number of benzene rings is 1. The third kappa shape index (κ3) is 5.87. The first-order chi connectivity index (χ1) is 10.6. The average Bonchev–Trinajstić information content (AvgIpc) is 2.52. The molecule has 1 amide bonds. The highest BCUT2D eigenvalue weighted by Crippen LogP contribution is 2.24.